The fourth-order valence-corrected chi connectivity index (χ4v) is 1.96. The smallest absolute Gasteiger partial charge is 0.311 e. The third-order valence-corrected chi connectivity index (χ3v) is 2.67. The maximum absolute atomic E-state index is 11.9. The van der Waals surface area contributed by atoms with Crippen LogP contribution in [0.1, 0.15) is 34.1 Å². The minimum atomic E-state index is -0.682. The van der Waals surface area contributed by atoms with Crippen LogP contribution in [0.5, 0.6) is 0 Å². The van der Waals surface area contributed by atoms with E-state index in [1.807, 2.05) is 13.8 Å². The molecule has 0 unspecified atom stereocenters. The van der Waals surface area contributed by atoms with Crippen LogP contribution >= 0.6 is 0 Å². The predicted octanol–water partition coefficient (Wildman–Crippen LogP) is 0.677. The first-order valence-corrected chi connectivity index (χ1v) is 5.74. The molecule has 0 aromatic rings. The van der Waals surface area contributed by atoms with Crippen LogP contribution in [0.15, 0.2) is 0 Å². The van der Waals surface area contributed by atoms with Gasteiger partial charge in [0.25, 0.3) is 0 Å². The zero-order valence-corrected chi connectivity index (χ0v) is 11.4. The molecule has 0 atom stereocenters. The molecule has 0 radical (unpaired) electrons. The Kier molecular flexibility index (Phi) is 5.61. The molecule has 0 fully saturated rings. The Bertz CT molecular complexity index is 285. The van der Waals surface area contributed by atoms with Crippen molar-refractivity contribution in [1.29, 1.82) is 0 Å². The number of rotatable bonds is 6. The molecule has 3 N–H and O–H groups in total. The zero-order chi connectivity index (χ0) is 13.7. The van der Waals surface area contributed by atoms with Crippen molar-refractivity contribution >= 4 is 11.9 Å². The van der Waals surface area contributed by atoms with Crippen LogP contribution in [0.3, 0.4) is 0 Å². The van der Waals surface area contributed by atoms with E-state index in [0.717, 1.165) is 0 Å². The number of esters is 1. The molecule has 0 saturated carbocycles. The third kappa shape index (κ3) is 4.73. The Morgan fingerprint density at radius 1 is 1.18 bits per heavy atom. The molecule has 0 saturated heterocycles. The van der Waals surface area contributed by atoms with Gasteiger partial charge < -0.3 is 15.8 Å². The molecule has 0 bridgehead atoms. The van der Waals surface area contributed by atoms with Gasteiger partial charge in [-0.15, -0.1) is 0 Å². The SMILES string of the molecule is COC(=O)C(C)(C)CC(C)(C)C(=O)NCCN. The van der Waals surface area contributed by atoms with E-state index in [1.165, 1.54) is 7.11 Å². The molecule has 0 rings (SSSR count). The van der Waals surface area contributed by atoms with Gasteiger partial charge in [-0.25, -0.2) is 0 Å². The van der Waals surface area contributed by atoms with Gasteiger partial charge in [0.2, 0.25) is 5.91 Å². The highest BCUT2D eigenvalue weighted by molar-refractivity contribution is 5.83. The Balaban J connectivity index is 4.62. The number of amides is 1. The summed E-state index contributed by atoms with van der Waals surface area (Å²) in [5.74, 6) is -0.405. The molecular formula is C12H24N2O3. The summed E-state index contributed by atoms with van der Waals surface area (Å²) >= 11 is 0. The predicted molar refractivity (Wildman–Crippen MR) is 66.3 cm³/mol. The summed E-state index contributed by atoms with van der Waals surface area (Å²) in [6.07, 6.45) is 0.420. The maximum atomic E-state index is 11.9. The van der Waals surface area contributed by atoms with E-state index in [9.17, 15) is 9.59 Å². The lowest BCUT2D eigenvalue weighted by Crippen LogP contribution is -2.43. The second kappa shape index (κ2) is 6.00. The van der Waals surface area contributed by atoms with Crippen LogP contribution in [0.4, 0.5) is 0 Å². The molecule has 1 amide bonds. The lowest BCUT2D eigenvalue weighted by Gasteiger charge is -2.31. The summed E-state index contributed by atoms with van der Waals surface area (Å²) in [5, 5.41) is 2.74. The maximum Gasteiger partial charge on any atom is 0.311 e. The Morgan fingerprint density at radius 2 is 1.71 bits per heavy atom. The second-order valence-electron chi connectivity index (χ2n) is 5.48. The van der Waals surface area contributed by atoms with Crippen molar-refractivity contribution in [2.24, 2.45) is 16.6 Å². The Hall–Kier alpha value is -1.10. The van der Waals surface area contributed by atoms with Gasteiger partial charge in [0.05, 0.1) is 12.5 Å². The van der Waals surface area contributed by atoms with Gasteiger partial charge in [-0.1, -0.05) is 13.8 Å². The van der Waals surface area contributed by atoms with Gasteiger partial charge in [0, 0.05) is 18.5 Å². The van der Waals surface area contributed by atoms with Gasteiger partial charge in [-0.2, -0.15) is 0 Å². The van der Waals surface area contributed by atoms with Gasteiger partial charge in [-0.05, 0) is 20.3 Å². The minimum Gasteiger partial charge on any atom is -0.469 e. The number of nitrogens with one attached hydrogen (secondary N) is 1. The number of hydrogen-bond acceptors (Lipinski definition) is 4. The van der Waals surface area contributed by atoms with Crippen LogP contribution in [-0.2, 0) is 14.3 Å². The van der Waals surface area contributed by atoms with Crippen LogP contribution < -0.4 is 11.1 Å². The molecule has 0 heterocycles. The van der Waals surface area contributed by atoms with E-state index >= 15 is 0 Å². The second-order valence-corrected chi connectivity index (χ2v) is 5.48. The minimum absolute atomic E-state index is 0.0973. The zero-order valence-electron chi connectivity index (χ0n) is 11.4. The summed E-state index contributed by atoms with van der Waals surface area (Å²) in [6, 6.07) is 0. The molecule has 0 aromatic heterocycles. The van der Waals surface area contributed by atoms with E-state index < -0.39 is 10.8 Å². The molecule has 0 aromatic carbocycles. The fraction of sp³-hybridized carbons (Fsp3) is 0.833. The van der Waals surface area contributed by atoms with E-state index in [4.69, 9.17) is 10.5 Å². The normalized spacial score (nSPS) is 12.1. The van der Waals surface area contributed by atoms with Crippen molar-refractivity contribution in [2.75, 3.05) is 20.2 Å². The standard InChI is InChI=1S/C12H24N2O3/c1-11(2,9(15)14-7-6-13)8-12(3,4)10(16)17-5/h6-8,13H2,1-5H3,(H,14,15). The average molecular weight is 244 g/mol. The van der Waals surface area contributed by atoms with Gasteiger partial charge in [-0.3, -0.25) is 9.59 Å². The van der Waals surface area contributed by atoms with Gasteiger partial charge >= 0.3 is 5.97 Å². The molecule has 0 aliphatic heterocycles. The average Bonchev–Trinajstić information content (AvgIpc) is 2.22. The van der Waals surface area contributed by atoms with Crippen molar-refractivity contribution < 1.29 is 14.3 Å². The number of nitrogens with two attached hydrogens (primary N) is 1. The molecule has 17 heavy (non-hydrogen) atoms. The molecule has 0 aliphatic carbocycles. The monoisotopic (exact) mass is 244 g/mol. The summed E-state index contributed by atoms with van der Waals surface area (Å²) in [5.41, 5.74) is 4.01. The molecule has 0 aliphatic rings. The highest BCUT2D eigenvalue weighted by atomic mass is 16.5. The summed E-state index contributed by atoms with van der Waals surface area (Å²) in [7, 11) is 1.35. The number of methoxy groups -OCH3 is 1. The number of carbonyl (C=O) groups is 2. The first-order valence-electron chi connectivity index (χ1n) is 5.74. The lowest BCUT2D eigenvalue weighted by molar-refractivity contribution is -0.153. The van der Waals surface area contributed by atoms with Gasteiger partial charge in [0.1, 0.15) is 0 Å². The van der Waals surface area contributed by atoms with Crippen molar-refractivity contribution in [3.63, 3.8) is 0 Å². The Labute approximate surface area is 103 Å². The fourth-order valence-electron chi connectivity index (χ4n) is 1.96. The van der Waals surface area contributed by atoms with E-state index in [1.54, 1.807) is 13.8 Å². The van der Waals surface area contributed by atoms with E-state index in [-0.39, 0.29) is 11.9 Å². The first kappa shape index (κ1) is 15.9. The van der Waals surface area contributed by atoms with Gasteiger partial charge in [0.15, 0.2) is 0 Å². The molecule has 5 nitrogen and oxygen atoms in total. The molecule has 100 valence electrons. The lowest BCUT2D eigenvalue weighted by atomic mass is 9.74. The molecular weight excluding hydrogens is 220 g/mol. The van der Waals surface area contributed by atoms with Crippen molar-refractivity contribution in [3.05, 3.63) is 0 Å². The highest BCUT2D eigenvalue weighted by Crippen LogP contribution is 2.34. The van der Waals surface area contributed by atoms with Crippen molar-refractivity contribution in [2.45, 2.75) is 34.1 Å². The molecule has 0 spiro atoms. The van der Waals surface area contributed by atoms with Crippen LogP contribution in [0, 0.1) is 10.8 Å². The first-order chi connectivity index (χ1) is 7.67. The van der Waals surface area contributed by atoms with Crippen LogP contribution in [0.2, 0.25) is 0 Å². The summed E-state index contributed by atoms with van der Waals surface area (Å²) in [6.45, 7) is 8.02. The van der Waals surface area contributed by atoms with E-state index in [2.05, 4.69) is 5.32 Å². The third-order valence-electron chi connectivity index (χ3n) is 2.67. The van der Waals surface area contributed by atoms with Crippen molar-refractivity contribution in [3.8, 4) is 0 Å². The van der Waals surface area contributed by atoms with E-state index in [0.29, 0.717) is 19.5 Å². The van der Waals surface area contributed by atoms with Crippen LogP contribution in [0.25, 0.3) is 0 Å². The Morgan fingerprint density at radius 3 is 2.12 bits per heavy atom. The highest BCUT2D eigenvalue weighted by Gasteiger charge is 2.39. The number of ether oxygens (including phenoxy) is 1. The molecule has 5 heteroatoms. The topological polar surface area (TPSA) is 81.4 Å². The number of carbonyl (C=O) groups excluding carboxylic acids is 2. The quantitative estimate of drug-likeness (QED) is 0.673. The summed E-state index contributed by atoms with van der Waals surface area (Å²) in [4.78, 5) is 23.5. The van der Waals surface area contributed by atoms with Crippen molar-refractivity contribution in [1.82, 2.24) is 5.32 Å². The summed E-state index contributed by atoms with van der Waals surface area (Å²) < 4.78 is 4.73. The van der Waals surface area contributed by atoms with Crippen LogP contribution in [-0.4, -0.2) is 32.1 Å². The largest absolute Gasteiger partial charge is 0.469 e. The number of hydrogen-bond donors (Lipinski definition) is 2.